The van der Waals surface area contributed by atoms with Gasteiger partial charge in [0.1, 0.15) is 5.75 Å². The van der Waals surface area contributed by atoms with Gasteiger partial charge in [0, 0.05) is 49.1 Å². The third-order valence-corrected chi connectivity index (χ3v) is 6.02. The third-order valence-electron chi connectivity index (χ3n) is 5.33. The van der Waals surface area contributed by atoms with Gasteiger partial charge in [0.05, 0.1) is 13.2 Å². The molecule has 0 radical (unpaired) electrons. The van der Waals surface area contributed by atoms with E-state index in [2.05, 4.69) is 22.3 Å². The first-order valence-electron chi connectivity index (χ1n) is 10.5. The van der Waals surface area contributed by atoms with Crippen LogP contribution in [-0.2, 0) is 16.1 Å². The van der Waals surface area contributed by atoms with Crippen LogP contribution in [0.15, 0.2) is 53.2 Å². The number of fused-ring (bicyclic) bond motifs is 1. The SMILES string of the molecule is O=C(CCCNC(=O)c1ccsc1)Oc1ccc2ccccc2c1CN1CCOCC1. The number of nitrogens with zero attached hydrogens (tertiary/aromatic N) is 1. The number of carbonyl (C=O) groups is 2. The Balaban J connectivity index is 1.38. The van der Waals surface area contributed by atoms with E-state index in [9.17, 15) is 9.59 Å². The predicted molar refractivity (Wildman–Crippen MR) is 122 cm³/mol. The van der Waals surface area contributed by atoms with Crippen LogP contribution >= 0.6 is 11.3 Å². The summed E-state index contributed by atoms with van der Waals surface area (Å²) in [5.74, 6) is 0.206. The zero-order valence-corrected chi connectivity index (χ0v) is 18.2. The van der Waals surface area contributed by atoms with E-state index in [0.717, 1.165) is 42.6 Å². The average Bonchev–Trinajstić information content (AvgIpc) is 3.34. The topological polar surface area (TPSA) is 67.9 Å². The molecule has 1 N–H and O–H groups in total. The molecule has 0 aliphatic carbocycles. The molecule has 0 unspecified atom stereocenters. The second kappa shape index (κ2) is 10.5. The monoisotopic (exact) mass is 438 g/mol. The molecule has 3 aromatic rings. The molecule has 1 aliphatic rings. The predicted octanol–water partition coefficient (Wildman–Crippen LogP) is 3.85. The Labute approximate surface area is 185 Å². The summed E-state index contributed by atoms with van der Waals surface area (Å²) in [5, 5.41) is 8.73. The lowest BCUT2D eigenvalue weighted by Crippen LogP contribution is -2.35. The minimum Gasteiger partial charge on any atom is -0.426 e. The number of hydrogen-bond acceptors (Lipinski definition) is 6. The van der Waals surface area contributed by atoms with Crippen LogP contribution in [-0.4, -0.2) is 49.6 Å². The molecule has 162 valence electrons. The van der Waals surface area contributed by atoms with E-state index in [1.807, 2.05) is 29.6 Å². The van der Waals surface area contributed by atoms with Gasteiger partial charge in [0.2, 0.25) is 0 Å². The fourth-order valence-corrected chi connectivity index (χ4v) is 4.30. The second-order valence-corrected chi connectivity index (χ2v) is 8.28. The van der Waals surface area contributed by atoms with Crippen LogP contribution in [0.5, 0.6) is 5.75 Å². The summed E-state index contributed by atoms with van der Waals surface area (Å²) in [6.07, 6.45) is 0.773. The first-order valence-corrected chi connectivity index (χ1v) is 11.5. The molecule has 4 rings (SSSR count). The van der Waals surface area contributed by atoms with Crippen molar-refractivity contribution < 1.29 is 19.1 Å². The van der Waals surface area contributed by atoms with Crippen molar-refractivity contribution in [2.24, 2.45) is 0 Å². The van der Waals surface area contributed by atoms with Gasteiger partial charge in [0.15, 0.2) is 0 Å². The number of hydrogen-bond donors (Lipinski definition) is 1. The first kappa shape index (κ1) is 21.5. The van der Waals surface area contributed by atoms with Gasteiger partial charge in [-0.25, -0.2) is 0 Å². The van der Waals surface area contributed by atoms with Crippen molar-refractivity contribution in [1.29, 1.82) is 0 Å². The molecular weight excluding hydrogens is 412 g/mol. The lowest BCUT2D eigenvalue weighted by Gasteiger charge is -2.27. The fraction of sp³-hybridized carbons (Fsp3) is 0.333. The molecule has 0 bridgehead atoms. The number of carbonyl (C=O) groups excluding carboxylic acids is 2. The average molecular weight is 439 g/mol. The van der Waals surface area contributed by atoms with Gasteiger partial charge in [-0.1, -0.05) is 30.3 Å². The molecular formula is C24H26N2O4S. The van der Waals surface area contributed by atoms with Crippen molar-refractivity contribution in [2.45, 2.75) is 19.4 Å². The molecule has 2 aromatic carbocycles. The van der Waals surface area contributed by atoms with E-state index in [0.29, 0.717) is 30.8 Å². The molecule has 1 saturated heterocycles. The smallest absolute Gasteiger partial charge is 0.311 e. The summed E-state index contributed by atoms with van der Waals surface area (Å²) in [4.78, 5) is 26.8. The summed E-state index contributed by atoms with van der Waals surface area (Å²) in [6.45, 7) is 4.31. The second-order valence-electron chi connectivity index (χ2n) is 7.50. The number of morpholine rings is 1. The number of amides is 1. The van der Waals surface area contributed by atoms with Crippen molar-refractivity contribution >= 4 is 34.0 Å². The van der Waals surface area contributed by atoms with Gasteiger partial charge in [-0.05, 0) is 34.7 Å². The third kappa shape index (κ3) is 5.70. The highest BCUT2D eigenvalue weighted by Gasteiger charge is 2.18. The minimum atomic E-state index is -0.289. The van der Waals surface area contributed by atoms with Crippen molar-refractivity contribution in [1.82, 2.24) is 10.2 Å². The van der Waals surface area contributed by atoms with Crippen LogP contribution in [0.25, 0.3) is 10.8 Å². The maximum absolute atomic E-state index is 12.5. The zero-order chi connectivity index (χ0) is 21.5. The maximum Gasteiger partial charge on any atom is 0.311 e. The Morgan fingerprint density at radius 1 is 1.10 bits per heavy atom. The van der Waals surface area contributed by atoms with E-state index in [4.69, 9.17) is 9.47 Å². The molecule has 6 nitrogen and oxygen atoms in total. The van der Waals surface area contributed by atoms with Crippen molar-refractivity contribution in [3.8, 4) is 5.75 Å². The van der Waals surface area contributed by atoms with E-state index in [1.165, 1.54) is 11.3 Å². The van der Waals surface area contributed by atoms with E-state index in [-0.39, 0.29) is 18.3 Å². The molecule has 2 heterocycles. The number of thiophene rings is 1. The Bertz CT molecular complexity index is 1030. The summed E-state index contributed by atoms with van der Waals surface area (Å²) < 4.78 is 11.2. The largest absolute Gasteiger partial charge is 0.426 e. The highest BCUT2D eigenvalue weighted by Crippen LogP contribution is 2.30. The highest BCUT2D eigenvalue weighted by atomic mass is 32.1. The number of ether oxygens (including phenoxy) is 2. The molecule has 1 aliphatic heterocycles. The standard InChI is InChI=1S/C24H26N2O4S/c27-23(6-3-10-25-24(28)19-9-15-31-17-19)30-22-8-7-18-4-1-2-5-20(18)21(22)16-26-11-13-29-14-12-26/h1-2,4-5,7-9,15,17H,3,6,10-14,16H2,(H,25,28). The summed E-state index contributed by atoms with van der Waals surface area (Å²) in [7, 11) is 0. The maximum atomic E-state index is 12.5. The molecule has 1 amide bonds. The van der Waals surface area contributed by atoms with E-state index >= 15 is 0 Å². The molecule has 0 spiro atoms. The van der Waals surface area contributed by atoms with Crippen molar-refractivity contribution in [3.05, 3.63) is 64.4 Å². The van der Waals surface area contributed by atoms with Gasteiger partial charge in [-0.3, -0.25) is 14.5 Å². The van der Waals surface area contributed by atoms with Crippen LogP contribution in [0, 0.1) is 0 Å². The number of esters is 1. The number of benzene rings is 2. The molecule has 0 atom stereocenters. The summed E-state index contributed by atoms with van der Waals surface area (Å²) in [6, 6.07) is 13.8. The molecule has 1 aromatic heterocycles. The first-order chi connectivity index (χ1) is 15.2. The van der Waals surface area contributed by atoms with Crippen LogP contribution in [0.4, 0.5) is 0 Å². The fourth-order valence-electron chi connectivity index (χ4n) is 3.66. The highest BCUT2D eigenvalue weighted by molar-refractivity contribution is 7.08. The number of nitrogens with one attached hydrogen (secondary N) is 1. The van der Waals surface area contributed by atoms with Crippen LogP contribution in [0.1, 0.15) is 28.8 Å². The summed E-state index contributed by atoms with van der Waals surface area (Å²) >= 11 is 1.48. The van der Waals surface area contributed by atoms with Crippen molar-refractivity contribution in [2.75, 3.05) is 32.8 Å². The Kier molecular flexibility index (Phi) is 7.30. The van der Waals surface area contributed by atoms with Crippen molar-refractivity contribution in [3.63, 3.8) is 0 Å². The lowest BCUT2D eigenvalue weighted by molar-refractivity contribution is -0.134. The van der Waals surface area contributed by atoms with Gasteiger partial charge in [-0.2, -0.15) is 11.3 Å². The Morgan fingerprint density at radius 3 is 2.74 bits per heavy atom. The molecule has 1 fully saturated rings. The van der Waals surface area contributed by atoms with Gasteiger partial charge >= 0.3 is 5.97 Å². The van der Waals surface area contributed by atoms with Crippen LogP contribution < -0.4 is 10.1 Å². The van der Waals surface area contributed by atoms with Gasteiger partial charge in [-0.15, -0.1) is 0 Å². The van der Waals surface area contributed by atoms with Gasteiger partial charge < -0.3 is 14.8 Å². The summed E-state index contributed by atoms with van der Waals surface area (Å²) in [5.41, 5.74) is 1.68. The van der Waals surface area contributed by atoms with E-state index in [1.54, 1.807) is 11.4 Å². The minimum absolute atomic E-state index is 0.114. The molecule has 0 saturated carbocycles. The molecule has 31 heavy (non-hydrogen) atoms. The molecule has 7 heteroatoms. The Hall–Kier alpha value is -2.74. The van der Waals surface area contributed by atoms with Crippen LogP contribution in [0.2, 0.25) is 0 Å². The number of rotatable bonds is 8. The lowest BCUT2D eigenvalue weighted by atomic mass is 10.0. The van der Waals surface area contributed by atoms with Crippen LogP contribution in [0.3, 0.4) is 0 Å². The Morgan fingerprint density at radius 2 is 1.94 bits per heavy atom. The quantitative estimate of drug-likeness (QED) is 0.329. The zero-order valence-electron chi connectivity index (χ0n) is 17.3. The van der Waals surface area contributed by atoms with Gasteiger partial charge in [0.25, 0.3) is 5.91 Å². The van der Waals surface area contributed by atoms with E-state index < -0.39 is 0 Å². The normalized spacial score (nSPS) is 14.5.